The van der Waals surface area contributed by atoms with E-state index in [4.69, 9.17) is 10.5 Å². The molecule has 1 spiro atoms. The summed E-state index contributed by atoms with van der Waals surface area (Å²) < 4.78 is 6.08. The molecule has 1 unspecified atom stereocenters. The van der Waals surface area contributed by atoms with Crippen LogP contribution in [0.5, 0.6) is 0 Å². The van der Waals surface area contributed by atoms with Gasteiger partial charge in [0, 0.05) is 22.4 Å². The highest BCUT2D eigenvalue weighted by molar-refractivity contribution is 8.00. The molecule has 1 aliphatic heterocycles. The first-order valence-corrected chi connectivity index (χ1v) is 7.80. The zero-order valence-corrected chi connectivity index (χ0v) is 11.5. The number of benzene rings is 1. The van der Waals surface area contributed by atoms with Gasteiger partial charge in [0.1, 0.15) is 0 Å². The average molecular weight is 263 g/mol. The Morgan fingerprint density at radius 3 is 2.61 bits per heavy atom. The van der Waals surface area contributed by atoms with Crippen LogP contribution in [0, 0.1) is 0 Å². The third-order valence-corrected chi connectivity index (χ3v) is 5.43. The van der Waals surface area contributed by atoms with Crippen molar-refractivity contribution in [3.8, 4) is 0 Å². The maximum Gasteiger partial charge on any atom is 0.0693 e. The van der Waals surface area contributed by atoms with Crippen LogP contribution in [0.1, 0.15) is 38.5 Å². The van der Waals surface area contributed by atoms with Gasteiger partial charge in [-0.05, 0) is 49.9 Å². The quantitative estimate of drug-likeness (QED) is 0.823. The highest BCUT2D eigenvalue weighted by Crippen LogP contribution is 2.44. The first-order chi connectivity index (χ1) is 8.76. The molecule has 2 nitrogen and oxygen atoms in total. The van der Waals surface area contributed by atoms with E-state index in [1.807, 2.05) is 23.9 Å². The molecule has 0 bridgehead atoms. The lowest BCUT2D eigenvalue weighted by atomic mass is 9.92. The van der Waals surface area contributed by atoms with Crippen molar-refractivity contribution >= 4 is 17.4 Å². The number of nitrogen functional groups attached to an aromatic ring is 1. The van der Waals surface area contributed by atoms with Gasteiger partial charge in [-0.1, -0.05) is 12.8 Å². The molecule has 3 heteroatoms. The minimum Gasteiger partial charge on any atom is -0.399 e. The lowest BCUT2D eigenvalue weighted by Crippen LogP contribution is -2.38. The fourth-order valence-corrected chi connectivity index (χ4v) is 4.47. The zero-order valence-electron chi connectivity index (χ0n) is 10.7. The molecule has 0 radical (unpaired) electrons. The summed E-state index contributed by atoms with van der Waals surface area (Å²) in [5.74, 6) is 0. The molecule has 1 saturated carbocycles. The van der Waals surface area contributed by atoms with E-state index in [0.717, 1.165) is 12.3 Å². The van der Waals surface area contributed by atoms with Crippen molar-refractivity contribution in [3.05, 3.63) is 24.3 Å². The van der Waals surface area contributed by atoms with Gasteiger partial charge in [0.25, 0.3) is 0 Å². The van der Waals surface area contributed by atoms with Crippen molar-refractivity contribution in [2.45, 2.75) is 54.3 Å². The van der Waals surface area contributed by atoms with Crippen molar-refractivity contribution in [2.75, 3.05) is 12.3 Å². The molecule has 18 heavy (non-hydrogen) atoms. The molecule has 1 heterocycles. The molecule has 1 aromatic rings. The van der Waals surface area contributed by atoms with Crippen LogP contribution in [-0.2, 0) is 4.74 Å². The van der Waals surface area contributed by atoms with Crippen LogP contribution in [0.2, 0.25) is 0 Å². The fraction of sp³-hybridized carbons (Fsp3) is 0.600. The molecule has 3 rings (SSSR count). The highest BCUT2D eigenvalue weighted by Gasteiger charge is 2.39. The Morgan fingerprint density at radius 1 is 1.17 bits per heavy atom. The molecule has 0 aromatic heterocycles. The van der Waals surface area contributed by atoms with Crippen LogP contribution >= 0.6 is 11.8 Å². The van der Waals surface area contributed by atoms with Gasteiger partial charge in [-0.25, -0.2) is 0 Å². The summed E-state index contributed by atoms with van der Waals surface area (Å²) in [5.41, 5.74) is 6.80. The minimum absolute atomic E-state index is 0.226. The van der Waals surface area contributed by atoms with E-state index in [1.165, 1.54) is 43.4 Å². The summed E-state index contributed by atoms with van der Waals surface area (Å²) >= 11 is 2.00. The number of nitrogens with two attached hydrogens (primary N) is 1. The van der Waals surface area contributed by atoms with Gasteiger partial charge in [-0.3, -0.25) is 0 Å². The van der Waals surface area contributed by atoms with E-state index in [2.05, 4.69) is 12.1 Å². The molecule has 2 N–H and O–H groups in total. The maximum atomic E-state index is 6.08. The van der Waals surface area contributed by atoms with Gasteiger partial charge >= 0.3 is 0 Å². The van der Waals surface area contributed by atoms with Crippen molar-refractivity contribution in [1.82, 2.24) is 0 Å². The standard InChI is InChI=1S/C15H21NOS/c16-12-3-5-13(6-4-12)18-14-7-10-17-15(11-14)8-1-2-9-15/h3-6,14H,1-2,7-11,16H2. The Hall–Kier alpha value is -0.670. The average Bonchev–Trinajstić information content (AvgIpc) is 2.80. The number of hydrogen-bond donors (Lipinski definition) is 1. The monoisotopic (exact) mass is 263 g/mol. The predicted molar refractivity (Wildman–Crippen MR) is 76.9 cm³/mol. The molecule has 1 atom stereocenters. The van der Waals surface area contributed by atoms with Gasteiger partial charge in [-0.2, -0.15) is 0 Å². The van der Waals surface area contributed by atoms with E-state index >= 15 is 0 Å². The lowest BCUT2D eigenvalue weighted by molar-refractivity contribution is -0.0703. The summed E-state index contributed by atoms with van der Waals surface area (Å²) in [5, 5.41) is 0.709. The minimum atomic E-state index is 0.226. The molecule has 0 amide bonds. The Morgan fingerprint density at radius 2 is 1.89 bits per heavy atom. The van der Waals surface area contributed by atoms with Crippen LogP contribution in [0.25, 0.3) is 0 Å². The van der Waals surface area contributed by atoms with Crippen molar-refractivity contribution in [2.24, 2.45) is 0 Å². The largest absolute Gasteiger partial charge is 0.399 e. The van der Waals surface area contributed by atoms with Gasteiger partial charge < -0.3 is 10.5 Å². The first-order valence-electron chi connectivity index (χ1n) is 6.92. The molecule has 1 aromatic carbocycles. The van der Waals surface area contributed by atoms with Gasteiger partial charge in [0.2, 0.25) is 0 Å². The fourth-order valence-electron chi connectivity index (χ4n) is 3.19. The van der Waals surface area contributed by atoms with E-state index in [9.17, 15) is 0 Å². The lowest BCUT2D eigenvalue weighted by Gasteiger charge is -2.38. The first kappa shape index (κ1) is 12.4. The number of thioether (sulfide) groups is 1. The molecular weight excluding hydrogens is 242 g/mol. The molecule has 2 fully saturated rings. The normalized spacial score (nSPS) is 26.6. The number of hydrogen-bond acceptors (Lipinski definition) is 3. The molecule has 2 aliphatic rings. The SMILES string of the molecule is Nc1ccc(SC2CCOC3(CCCC3)C2)cc1. The van der Waals surface area contributed by atoms with Crippen molar-refractivity contribution in [1.29, 1.82) is 0 Å². The van der Waals surface area contributed by atoms with Crippen LogP contribution in [0.3, 0.4) is 0 Å². The molecular formula is C15H21NOS. The third kappa shape index (κ3) is 2.67. The summed E-state index contributed by atoms with van der Waals surface area (Å²) in [4.78, 5) is 1.34. The second-order valence-electron chi connectivity index (χ2n) is 5.54. The number of rotatable bonds is 2. The molecule has 1 saturated heterocycles. The second kappa shape index (κ2) is 5.14. The third-order valence-electron chi connectivity index (χ3n) is 4.15. The molecule has 1 aliphatic carbocycles. The van der Waals surface area contributed by atoms with Gasteiger partial charge in [-0.15, -0.1) is 11.8 Å². The van der Waals surface area contributed by atoms with E-state index in [-0.39, 0.29) is 5.60 Å². The second-order valence-corrected chi connectivity index (χ2v) is 6.91. The van der Waals surface area contributed by atoms with Crippen LogP contribution in [-0.4, -0.2) is 17.5 Å². The van der Waals surface area contributed by atoms with Crippen molar-refractivity contribution in [3.63, 3.8) is 0 Å². The Balaban J connectivity index is 1.64. The zero-order chi connectivity index (χ0) is 12.4. The Kier molecular flexibility index (Phi) is 3.53. The highest BCUT2D eigenvalue weighted by atomic mass is 32.2. The van der Waals surface area contributed by atoms with Gasteiger partial charge in [0.05, 0.1) is 5.60 Å². The Bertz CT molecular complexity index is 397. The predicted octanol–water partition coefficient (Wildman–Crippen LogP) is 3.85. The van der Waals surface area contributed by atoms with Crippen molar-refractivity contribution < 1.29 is 4.74 Å². The van der Waals surface area contributed by atoms with E-state index < -0.39 is 0 Å². The van der Waals surface area contributed by atoms with E-state index in [1.54, 1.807) is 0 Å². The Labute approximate surface area is 113 Å². The summed E-state index contributed by atoms with van der Waals surface area (Å²) in [7, 11) is 0. The number of anilines is 1. The number of ether oxygens (including phenoxy) is 1. The smallest absolute Gasteiger partial charge is 0.0693 e. The summed E-state index contributed by atoms with van der Waals surface area (Å²) in [6, 6.07) is 8.26. The topological polar surface area (TPSA) is 35.2 Å². The molecule has 98 valence electrons. The van der Waals surface area contributed by atoms with Crippen LogP contribution in [0.15, 0.2) is 29.2 Å². The van der Waals surface area contributed by atoms with Crippen LogP contribution < -0.4 is 5.73 Å². The van der Waals surface area contributed by atoms with E-state index in [0.29, 0.717) is 5.25 Å². The summed E-state index contributed by atoms with van der Waals surface area (Å²) in [6.07, 6.45) is 7.63. The van der Waals surface area contributed by atoms with Gasteiger partial charge in [0.15, 0.2) is 0 Å². The van der Waals surface area contributed by atoms with Crippen LogP contribution in [0.4, 0.5) is 5.69 Å². The summed E-state index contributed by atoms with van der Waals surface area (Å²) in [6.45, 7) is 0.937. The maximum absolute atomic E-state index is 6.08.